The van der Waals surface area contributed by atoms with Gasteiger partial charge < -0.3 is 10.0 Å². The van der Waals surface area contributed by atoms with Crippen molar-refractivity contribution in [2.24, 2.45) is 5.92 Å². The number of aliphatic hydroxyl groups is 1. The Bertz CT molecular complexity index is 367. The molecule has 1 aromatic heterocycles. The van der Waals surface area contributed by atoms with Gasteiger partial charge in [0.15, 0.2) is 0 Å². The van der Waals surface area contributed by atoms with E-state index in [1.165, 1.54) is 6.42 Å². The third kappa shape index (κ3) is 3.51. The molecule has 2 rings (SSSR count). The lowest BCUT2D eigenvalue weighted by Gasteiger charge is -2.22. The summed E-state index contributed by atoms with van der Waals surface area (Å²) in [5.74, 6) is 0.449. The number of rotatable bonds is 4. The van der Waals surface area contributed by atoms with E-state index in [0.717, 1.165) is 37.3 Å². The van der Waals surface area contributed by atoms with Crippen LogP contribution >= 0.6 is 0 Å². The van der Waals surface area contributed by atoms with Gasteiger partial charge in [0.1, 0.15) is 0 Å². The third-order valence-electron chi connectivity index (χ3n) is 3.54. The Morgan fingerprint density at radius 1 is 1.41 bits per heavy atom. The molecule has 1 aliphatic carbocycles. The van der Waals surface area contributed by atoms with Gasteiger partial charge in [-0.25, -0.2) is 0 Å². The lowest BCUT2D eigenvalue weighted by molar-refractivity contribution is 0.107. The van der Waals surface area contributed by atoms with E-state index in [0.29, 0.717) is 5.92 Å². The lowest BCUT2D eigenvalue weighted by Crippen LogP contribution is -2.29. The van der Waals surface area contributed by atoms with Crippen LogP contribution in [-0.4, -0.2) is 34.7 Å². The van der Waals surface area contributed by atoms with E-state index in [2.05, 4.69) is 29.1 Å². The number of aromatic nitrogens is 1. The Balaban J connectivity index is 1.86. The second-order valence-electron chi connectivity index (χ2n) is 5.23. The van der Waals surface area contributed by atoms with E-state index in [9.17, 15) is 5.11 Å². The van der Waals surface area contributed by atoms with Crippen molar-refractivity contribution in [2.45, 2.75) is 38.8 Å². The van der Waals surface area contributed by atoms with E-state index < -0.39 is 0 Å². The minimum atomic E-state index is -0.0945. The molecule has 0 aliphatic heterocycles. The molecule has 3 nitrogen and oxygen atoms in total. The molecule has 0 spiro atoms. The molecule has 0 amide bonds. The van der Waals surface area contributed by atoms with Crippen molar-refractivity contribution in [1.82, 2.24) is 9.88 Å². The van der Waals surface area contributed by atoms with Crippen LogP contribution in [-0.2, 0) is 6.54 Å². The fraction of sp³-hybridized carbons (Fsp3) is 0.643. The first-order chi connectivity index (χ1) is 8.15. The number of hydrogen-bond acceptors (Lipinski definition) is 3. The standard InChI is InChI=1S/C14H22N2O/c1-11-5-3-7-13(15-11)10-16(2)9-12-6-4-8-14(12)17/h3,5,7,12,14,17H,4,6,8-10H2,1-2H3. The Kier molecular flexibility index (Phi) is 4.13. The average Bonchev–Trinajstić information content (AvgIpc) is 2.64. The van der Waals surface area contributed by atoms with Crippen LogP contribution < -0.4 is 0 Å². The van der Waals surface area contributed by atoms with Crippen molar-refractivity contribution in [3.63, 3.8) is 0 Å². The normalized spacial score (nSPS) is 24.5. The van der Waals surface area contributed by atoms with Gasteiger partial charge in [0.2, 0.25) is 0 Å². The summed E-state index contributed by atoms with van der Waals surface area (Å²) in [6, 6.07) is 6.13. The number of aryl methyl sites for hydroxylation is 1. The maximum atomic E-state index is 9.81. The lowest BCUT2D eigenvalue weighted by atomic mass is 10.1. The molecular formula is C14H22N2O. The molecule has 1 aromatic rings. The van der Waals surface area contributed by atoms with Gasteiger partial charge in [0, 0.05) is 18.8 Å². The van der Waals surface area contributed by atoms with Crippen molar-refractivity contribution in [3.8, 4) is 0 Å². The molecule has 1 heterocycles. The van der Waals surface area contributed by atoms with Gasteiger partial charge in [-0.2, -0.15) is 0 Å². The second kappa shape index (κ2) is 5.61. The fourth-order valence-electron chi connectivity index (χ4n) is 2.66. The molecule has 1 N–H and O–H groups in total. The van der Waals surface area contributed by atoms with Crippen molar-refractivity contribution in [2.75, 3.05) is 13.6 Å². The van der Waals surface area contributed by atoms with Crippen LogP contribution in [0.3, 0.4) is 0 Å². The summed E-state index contributed by atoms with van der Waals surface area (Å²) in [6.45, 7) is 3.85. The summed E-state index contributed by atoms with van der Waals surface area (Å²) in [7, 11) is 2.11. The van der Waals surface area contributed by atoms with E-state index in [-0.39, 0.29) is 6.10 Å². The van der Waals surface area contributed by atoms with E-state index >= 15 is 0 Å². The van der Waals surface area contributed by atoms with Crippen LogP contribution in [0.2, 0.25) is 0 Å². The first kappa shape index (κ1) is 12.5. The monoisotopic (exact) mass is 234 g/mol. The molecule has 0 radical (unpaired) electrons. The van der Waals surface area contributed by atoms with Gasteiger partial charge in [-0.05, 0) is 44.9 Å². The maximum absolute atomic E-state index is 9.81. The highest BCUT2D eigenvalue weighted by Gasteiger charge is 2.26. The maximum Gasteiger partial charge on any atom is 0.0580 e. The fourth-order valence-corrected chi connectivity index (χ4v) is 2.66. The second-order valence-corrected chi connectivity index (χ2v) is 5.23. The SMILES string of the molecule is Cc1cccc(CN(C)CC2CCCC2O)n1. The highest BCUT2D eigenvalue weighted by atomic mass is 16.3. The number of nitrogens with zero attached hydrogens (tertiary/aromatic N) is 2. The van der Waals surface area contributed by atoms with Crippen molar-refractivity contribution >= 4 is 0 Å². The Labute approximate surface area is 103 Å². The minimum Gasteiger partial charge on any atom is -0.393 e. The largest absolute Gasteiger partial charge is 0.393 e. The molecule has 2 unspecified atom stereocenters. The zero-order chi connectivity index (χ0) is 12.3. The predicted octanol–water partition coefficient (Wildman–Crippen LogP) is 1.98. The smallest absolute Gasteiger partial charge is 0.0580 e. The van der Waals surface area contributed by atoms with Crippen LogP contribution in [0.1, 0.15) is 30.7 Å². The molecule has 17 heavy (non-hydrogen) atoms. The van der Waals surface area contributed by atoms with Crippen LogP contribution in [0.15, 0.2) is 18.2 Å². The van der Waals surface area contributed by atoms with Crippen molar-refractivity contribution < 1.29 is 5.11 Å². The van der Waals surface area contributed by atoms with Gasteiger partial charge in [-0.3, -0.25) is 4.98 Å². The third-order valence-corrected chi connectivity index (χ3v) is 3.54. The molecule has 2 atom stereocenters. The topological polar surface area (TPSA) is 36.4 Å². The number of aliphatic hydroxyl groups excluding tert-OH is 1. The van der Waals surface area contributed by atoms with Crippen molar-refractivity contribution in [3.05, 3.63) is 29.6 Å². The number of hydrogen-bond donors (Lipinski definition) is 1. The van der Waals surface area contributed by atoms with Crippen molar-refractivity contribution in [1.29, 1.82) is 0 Å². The molecule has 3 heteroatoms. The van der Waals surface area contributed by atoms with E-state index in [1.54, 1.807) is 0 Å². The highest BCUT2D eigenvalue weighted by molar-refractivity contribution is 5.09. The van der Waals surface area contributed by atoms with Gasteiger partial charge in [-0.15, -0.1) is 0 Å². The highest BCUT2D eigenvalue weighted by Crippen LogP contribution is 2.26. The predicted molar refractivity (Wildman–Crippen MR) is 68.7 cm³/mol. The number of pyridine rings is 1. The first-order valence-corrected chi connectivity index (χ1v) is 6.44. The first-order valence-electron chi connectivity index (χ1n) is 6.44. The summed E-state index contributed by atoms with van der Waals surface area (Å²) < 4.78 is 0. The average molecular weight is 234 g/mol. The quantitative estimate of drug-likeness (QED) is 0.865. The van der Waals surface area contributed by atoms with Gasteiger partial charge in [0.25, 0.3) is 0 Å². The molecule has 0 aromatic carbocycles. The molecule has 1 saturated carbocycles. The minimum absolute atomic E-state index is 0.0945. The van der Waals surface area contributed by atoms with Gasteiger partial charge in [-0.1, -0.05) is 12.5 Å². The molecule has 1 fully saturated rings. The Morgan fingerprint density at radius 2 is 2.24 bits per heavy atom. The summed E-state index contributed by atoms with van der Waals surface area (Å²) in [4.78, 5) is 6.77. The zero-order valence-corrected chi connectivity index (χ0v) is 10.8. The Morgan fingerprint density at radius 3 is 2.88 bits per heavy atom. The van der Waals surface area contributed by atoms with E-state index in [4.69, 9.17) is 0 Å². The summed E-state index contributed by atoms with van der Waals surface area (Å²) in [6.07, 6.45) is 3.21. The van der Waals surface area contributed by atoms with Crippen LogP contribution in [0.4, 0.5) is 0 Å². The zero-order valence-electron chi connectivity index (χ0n) is 10.8. The van der Waals surface area contributed by atoms with Crippen LogP contribution in [0.25, 0.3) is 0 Å². The molecule has 1 aliphatic rings. The molecule has 0 bridgehead atoms. The molecule has 94 valence electrons. The Hall–Kier alpha value is -0.930. The summed E-state index contributed by atoms with van der Waals surface area (Å²) >= 11 is 0. The van der Waals surface area contributed by atoms with E-state index in [1.807, 2.05) is 13.0 Å². The molecule has 0 saturated heterocycles. The summed E-state index contributed by atoms with van der Waals surface area (Å²) in [5.41, 5.74) is 2.18. The molecular weight excluding hydrogens is 212 g/mol. The van der Waals surface area contributed by atoms with Crippen LogP contribution in [0, 0.1) is 12.8 Å². The summed E-state index contributed by atoms with van der Waals surface area (Å²) in [5, 5.41) is 9.81. The van der Waals surface area contributed by atoms with Gasteiger partial charge >= 0.3 is 0 Å². The van der Waals surface area contributed by atoms with Gasteiger partial charge in [0.05, 0.1) is 11.8 Å². The van der Waals surface area contributed by atoms with Crippen LogP contribution in [0.5, 0.6) is 0 Å².